The van der Waals surface area contributed by atoms with Gasteiger partial charge in [0.25, 0.3) is 0 Å². The molecule has 0 amide bonds. The van der Waals surface area contributed by atoms with E-state index in [-0.39, 0.29) is 0 Å². The fraction of sp³-hybridized carbons (Fsp3) is 0.667. The molecule has 1 aliphatic rings. The van der Waals surface area contributed by atoms with Crippen molar-refractivity contribution in [1.29, 1.82) is 0 Å². The van der Waals surface area contributed by atoms with E-state index in [1.807, 2.05) is 24.0 Å². The predicted molar refractivity (Wildman–Crippen MR) is 76.9 cm³/mol. The molecule has 100 valence electrons. The fourth-order valence-corrected chi connectivity index (χ4v) is 3.17. The number of aryl methyl sites for hydroxylation is 1. The van der Waals surface area contributed by atoms with Gasteiger partial charge in [0, 0.05) is 38.3 Å². The van der Waals surface area contributed by atoms with Crippen molar-refractivity contribution in [2.75, 3.05) is 19.3 Å². The topological polar surface area (TPSA) is 54.2 Å². The van der Waals surface area contributed by atoms with Crippen LogP contribution in [0.1, 0.15) is 18.7 Å². The first-order valence-corrected chi connectivity index (χ1v) is 7.37. The number of guanidine groups is 1. The second kappa shape index (κ2) is 6.68. The lowest BCUT2D eigenvalue weighted by atomic mass is 10.2. The predicted octanol–water partition coefficient (Wildman–Crippen LogP) is 0.981. The van der Waals surface area contributed by atoms with E-state index < -0.39 is 0 Å². The summed E-state index contributed by atoms with van der Waals surface area (Å²) in [5.41, 5.74) is 0. The summed E-state index contributed by atoms with van der Waals surface area (Å²) >= 11 is 2.05. The van der Waals surface area contributed by atoms with Crippen molar-refractivity contribution in [3.63, 3.8) is 0 Å². The van der Waals surface area contributed by atoms with Gasteiger partial charge >= 0.3 is 0 Å². The number of imidazole rings is 1. The minimum atomic E-state index is 0.695. The molecule has 0 radical (unpaired) electrons. The van der Waals surface area contributed by atoms with Crippen molar-refractivity contribution < 1.29 is 0 Å². The second-order valence-electron chi connectivity index (χ2n) is 4.40. The first kappa shape index (κ1) is 13.3. The highest BCUT2D eigenvalue weighted by Gasteiger charge is 2.15. The molecule has 0 bridgehead atoms. The first-order valence-electron chi connectivity index (χ1n) is 6.32. The Balaban J connectivity index is 1.74. The molecule has 1 aliphatic heterocycles. The maximum absolute atomic E-state index is 4.27. The van der Waals surface area contributed by atoms with Crippen LogP contribution in [0.2, 0.25) is 0 Å². The van der Waals surface area contributed by atoms with Crippen LogP contribution in [0.15, 0.2) is 17.4 Å². The quantitative estimate of drug-likeness (QED) is 0.631. The number of aliphatic imine (C=N–C) groups is 1. The smallest absolute Gasteiger partial charge is 0.191 e. The first-order chi connectivity index (χ1) is 8.79. The Morgan fingerprint density at radius 1 is 1.61 bits per heavy atom. The summed E-state index contributed by atoms with van der Waals surface area (Å²) in [6.45, 7) is 1.69. The summed E-state index contributed by atoms with van der Waals surface area (Å²) in [5.74, 6) is 3.16. The Labute approximate surface area is 112 Å². The average molecular weight is 267 g/mol. The van der Waals surface area contributed by atoms with Gasteiger partial charge in [-0.1, -0.05) is 0 Å². The van der Waals surface area contributed by atoms with Gasteiger partial charge in [-0.05, 0) is 18.6 Å². The van der Waals surface area contributed by atoms with Crippen LogP contribution in [0.3, 0.4) is 0 Å². The molecule has 1 aromatic rings. The SMILES string of the molecule is CN=C(NCc1nccn1C)NCC1CCCS1. The van der Waals surface area contributed by atoms with Gasteiger partial charge in [-0.2, -0.15) is 11.8 Å². The van der Waals surface area contributed by atoms with Crippen molar-refractivity contribution in [1.82, 2.24) is 20.2 Å². The summed E-state index contributed by atoms with van der Waals surface area (Å²) in [6, 6.07) is 0. The molecule has 0 spiro atoms. The van der Waals surface area contributed by atoms with E-state index in [0.717, 1.165) is 23.6 Å². The lowest BCUT2D eigenvalue weighted by Gasteiger charge is -2.14. The molecule has 18 heavy (non-hydrogen) atoms. The molecule has 1 fully saturated rings. The molecule has 0 aromatic carbocycles. The van der Waals surface area contributed by atoms with Gasteiger partial charge in [-0.3, -0.25) is 4.99 Å². The molecule has 2 rings (SSSR count). The molecule has 6 heteroatoms. The molecule has 2 heterocycles. The third kappa shape index (κ3) is 3.66. The molecule has 1 unspecified atom stereocenters. The average Bonchev–Trinajstić information content (AvgIpc) is 3.01. The van der Waals surface area contributed by atoms with Crippen LogP contribution in [0.25, 0.3) is 0 Å². The Hall–Kier alpha value is -1.17. The number of aromatic nitrogens is 2. The van der Waals surface area contributed by atoms with E-state index in [9.17, 15) is 0 Å². The summed E-state index contributed by atoms with van der Waals surface area (Å²) in [5, 5.41) is 7.39. The van der Waals surface area contributed by atoms with E-state index in [0.29, 0.717) is 6.54 Å². The van der Waals surface area contributed by atoms with E-state index >= 15 is 0 Å². The molecule has 1 aromatic heterocycles. The zero-order valence-electron chi connectivity index (χ0n) is 11.0. The van der Waals surface area contributed by atoms with Crippen LogP contribution in [0, 0.1) is 0 Å². The Morgan fingerprint density at radius 2 is 2.50 bits per heavy atom. The van der Waals surface area contributed by atoms with Gasteiger partial charge in [0.2, 0.25) is 0 Å². The lowest BCUT2D eigenvalue weighted by molar-refractivity contribution is 0.704. The van der Waals surface area contributed by atoms with Gasteiger partial charge in [-0.25, -0.2) is 4.98 Å². The lowest BCUT2D eigenvalue weighted by Crippen LogP contribution is -2.40. The van der Waals surface area contributed by atoms with Gasteiger partial charge in [0.15, 0.2) is 5.96 Å². The van der Waals surface area contributed by atoms with Gasteiger partial charge in [0.05, 0.1) is 6.54 Å². The highest BCUT2D eigenvalue weighted by molar-refractivity contribution is 8.00. The monoisotopic (exact) mass is 267 g/mol. The third-order valence-corrected chi connectivity index (χ3v) is 4.48. The molecule has 1 atom stereocenters. The zero-order valence-corrected chi connectivity index (χ0v) is 11.8. The third-order valence-electron chi connectivity index (χ3n) is 3.08. The normalized spacial score (nSPS) is 20.1. The van der Waals surface area contributed by atoms with E-state index in [4.69, 9.17) is 0 Å². The maximum atomic E-state index is 4.27. The van der Waals surface area contributed by atoms with Crippen LogP contribution in [0.4, 0.5) is 0 Å². The van der Waals surface area contributed by atoms with Crippen molar-refractivity contribution in [3.8, 4) is 0 Å². The van der Waals surface area contributed by atoms with Crippen LogP contribution in [0.5, 0.6) is 0 Å². The molecule has 0 saturated carbocycles. The van der Waals surface area contributed by atoms with Crippen molar-refractivity contribution in [3.05, 3.63) is 18.2 Å². The summed E-state index contributed by atoms with van der Waals surface area (Å²) in [7, 11) is 3.80. The molecule has 5 nitrogen and oxygen atoms in total. The number of nitrogens with zero attached hydrogens (tertiary/aromatic N) is 3. The Kier molecular flexibility index (Phi) is 4.92. The van der Waals surface area contributed by atoms with Gasteiger partial charge < -0.3 is 15.2 Å². The molecule has 0 aliphatic carbocycles. The minimum absolute atomic E-state index is 0.695. The number of hydrogen-bond acceptors (Lipinski definition) is 3. The van der Waals surface area contributed by atoms with Gasteiger partial charge in [0.1, 0.15) is 5.82 Å². The highest BCUT2D eigenvalue weighted by Crippen LogP contribution is 2.25. The minimum Gasteiger partial charge on any atom is -0.355 e. The van der Waals surface area contributed by atoms with Crippen molar-refractivity contribution in [2.45, 2.75) is 24.6 Å². The fourth-order valence-electron chi connectivity index (χ4n) is 1.97. The standard InChI is InChI=1S/C12H21N5S/c1-13-12(15-8-10-4-3-7-18-10)16-9-11-14-5-6-17(11)2/h5-6,10H,3-4,7-9H2,1-2H3,(H2,13,15,16). The van der Waals surface area contributed by atoms with Crippen LogP contribution >= 0.6 is 11.8 Å². The number of thioether (sulfide) groups is 1. The van der Waals surface area contributed by atoms with Crippen molar-refractivity contribution >= 4 is 17.7 Å². The second-order valence-corrected chi connectivity index (χ2v) is 5.80. The van der Waals surface area contributed by atoms with Crippen molar-refractivity contribution in [2.24, 2.45) is 12.0 Å². The molecule has 2 N–H and O–H groups in total. The zero-order chi connectivity index (χ0) is 12.8. The highest BCUT2D eigenvalue weighted by atomic mass is 32.2. The number of rotatable bonds is 4. The Bertz CT molecular complexity index is 395. The van der Waals surface area contributed by atoms with Gasteiger partial charge in [-0.15, -0.1) is 0 Å². The number of hydrogen-bond donors (Lipinski definition) is 2. The number of nitrogens with one attached hydrogen (secondary N) is 2. The Morgan fingerprint density at radius 3 is 3.11 bits per heavy atom. The molecular formula is C12H21N5S. The van der Waals surface area contributed by atoms with E-state index in [1.165, 1.54) is 18.6 Å². The van der Waals surface area contributed by atoms with E-state index in [2.05, 4.69) is 32.4 Å². The molecular weight excluding hydrogens is 246 g/mol. The summed E-state index contributed by atoms with van der Waals surface area (Å²) in [4.78, 5) is 8.50. The van der Waals surface area contributed by atoms with E-state index in [1.54, 1.807) is 7.05 Å². The molecule has 1 saturated heterocycles. The van der Waals surface area contributed by atoms with Crippen LogP contribution in [-0.2, 0) is 13.6 Å². The van der Waals surface area contributed by atoms with Crippen LogP contribution in [-0.4, -0.2) is 40.1 Å². The summed E-state index contributed by atoms with van der Waals surface area (Å²) < 4.78 is 2.01. The maximum Gasteiger partial charge on any atom is 0.191 e. The summed E-state index contributed by atoms with van der Waals surface area (Å²) in [6.07, 6.45) is 6.41. The largest absolute Gasteiger partial charge is 0.355 e. The van der Waals surface area contributed by atoms with Crippen LogP contribution < -0.4 is 10.6 Å².